The van der Waals surface area contributed by atoms with E-state index in [0.29, 0.717) is 11.1 Å². The summed E-state index contributed by atoms with van der Waals surface area (Å²) in [6, 6.07) is 7.27. The van der Waals surface area contributed by atoms with Gasteiger partial charge in [0.1, 0.15) is 5.52 Å². The molecule has 1 fully saturated rings. The number of fused-ring (bicyclic) bond motifs is 1. The molecule has 1 aromatic carbocycles. The Bertz CT molecular complexity index is 1110. The fourth-order valence-corrected chi connectivity index (χ4v) is 3.98. The molecule has 7 nitrogen and oxygen atoms in total. The molecular formula is C21H25N5O2. The maximum Gasteiger partial charge on any atom is 0.258 e. The molecule has 0 atom stereocenters. The number of aryl methyl sites for hydroxylation is 2. The summed E-state index contributed by atoms with van der Waals surface area (Å²) < 4.78 is 1.67. The number of rotatable bonds is 3. The van der Waals surface area contributed by atoms with Crippen molar-refractivity contribution in [2.75, 3.05) is 25.0 Å². The molecule has 3 aromatic rings. The van der Waals surface area contributed by atoms with Crippen LogP contribution in [0.2, 0.25) is 0 Å². The maximum absolute atomic E-state index is 13.2. The second-order valence-corrected chi connectivity index (χ2v) is 7.39. The molecule has 0 saturated carbocycles. The minimum absolute atomic E-state index is 0.0932. The Morgan fingerprint density at radius 1 is 1.14 bits per heavy atom. The van der Waals surface area contributed by atoms with Crippen LogP contribution in [-0.2, 0) is 7.05 Å². The van der Waals surface area contributed by atoms with E-state index in [-0.39, 0.29) is 11.5 Å². The predicted octanol–water partition coefficient (Wildman–Crippen LogP) is 2.59. The van der Waals surface area contributed by atoms with Gasteiger partial charge in [-0.25, -0.2) is 0 Å². The van der Waals surface area contributed by atoms with Gasteiger partial charge in [0, 0.05) is 38.3 Å². The molecule has 28 heavy (non-hydrogen) atoms. The van der Waals surface area contributed by atoms with E-state index in [1.807, 2.05) is 19.1 Å². The summed E-state index contributed by atoms with van der Waals surface area (Å²) >= 11 is 0. The molecule has 7 heteroatoms. The van der Waals surface area contributed by atoms with Gasteiger partial charge in [-0.1, -0.05) is 6.07 Å². The smallest absolute Gasteiger partial charge is 0.258 e. The molecule has 0 spiro atoms. The first-order valence-electron chi connectivity index (χ1n) is 9.67. The second kappa shape index (κ2) is 7.14. The van der Waals surface area contributed by atoms with E-state index in [0.717, 1.165) is 53.9 Å². The average molecular weight is 379 g/mol. The van der Waals surface area contributed by atoms with Crippen LogP contribution >= 0.6 is 0 Å². The lowest BCUT2D eigenvalue weighted by Crippen LogP contribution is -2.30. The molecule has 4 rings (SSSR count). The van der Waals surface area contributed by atoms with Crippen molar-refractivity contribution in [3.63, 3.8) is 0 Å². The summed E-state index contributed by atoms with van der Waals surface area (Å²) in [7, 11) is 3.38. The van der Waals surface area contributed by atoms with Gasteiger partial charge < -0.3 is 14.8 Å². The van der Waals surface area contributed by atoms with Crippen molar-refractivity contribution in [2.24, 2.45) is 7.05 Å². The quantitative estimate of drug-likeness (QED) is 0.733. The number of hydrogen-bond donors (Lipinski definition) is 2. The van der Waals surface area contributed by atoms with Crippen molar-refractivity contribution in [3.05, 3.63) is 45.7 Å². The molecule has 0 radical (unpaired) electrons. The lowest BCUT2D eigenvalue weighted by Gasteiger charge is -2.27. The summed E-state index contributed by atoms with van der Waals surface area (Å²) in [6.45, 7) is 3.87. The van der Waals surface area contributed by atoms with Gasteiger partial charge in [-0.3, -0.25) is 14.7 Å². The second-order valence-electron chi connectivity index (χ2n) is 7.39. The first kappa shape index (κ1) is 18.3. The standard InChI is InChI=1S/C21H25N5O2/c1-13-7-8-14(20(27)22-2)11-15(13)16-12-17-18(25(3)21(16)28)19(24-23-17)26-9-5-4-6-10-26/h7-8,11-12H,4-6,9-10H2,1-3H3,(H,22,27)(H,23,24). The van der Waals surface area contributed by atoms with Crippen LogP contribution in [0.1, 0.15) is 35.2 Å². The number of amides is 1. The van der Waals surface area contributed by atoms with E-state index < -0.39 is 0 Å². The Balaban J connectivity index is 1.87. The van der Waals surface area contributed by atoms with E-state index in [1.165, 1.54) is 6.42 Å². The zero-order chi connectivity index (χ0) is 19.8. The van der Waals surface area contributed by atoms with Gasteiger partial charge in [0.2, 0.25) is 0 Å². The number of aromatic amines is 1. The molecule has 2 aromatic heterocycles. The minimum Gasteiger partial charge on any atom is -0.355 e. The van der Waals surface area contributed by atoms with Crippen LogP contribution in [0.4, 0.5) is 5.82 Å². The van der Waals surface area contributed by atoms with E-state index in [4.69, 9.17) is 0 Å². The monoisotopic (exact) mass is 379 g/mol. The molecule has 1 aliphatic heterocycles. The molecule has 1 amide bonds. The minimum atomic E-state index is -0.173. The molecular weight excluding hydrogens is 354 g/mol. The summed E-state index contributed by atoms with van der Waals surface area (Å²) in [5.74, 6) is 0.671. The van der Waals surface area contributed by atoms with Crippen LogP contribution in [0.3, 0.4) is 0 Å². The number of carbonyl (C=O) groups excluding carboxylic acids is 1. The number of anilines is 1. The van der Waals surface area contributed by atoms with Crippen molar-refractivity contribution < 1.29 is 4.79 Å². The molecule has 146 valence electrons. The first-order chi connectivity index (χ1) is 13.5. The van der Waals surface area contributed by atoms with E-state index in [9.17, 15) is 9.59 Å². The van der Waals surface area contributed by atoms with Crippen molar-refractivity contribution >= 4 is 22.8 Å². The molecule has 3 heterocycles. The average Bonchev–Trinajstić information content (AvgIpc) is 3.15. The van der Waals surface area contributed by atoms with Gasteiger partial charge in [-0.15, -0.1) is 0 Å². The molecule has 1 saturated heterocycles. The van der Waals surface area contributed by atoms with Crippen molar-refractivity contribution in [2.45, 2.75) is 26.2 Å². The van der Waals surface area contributed by atoms with E-state index in [1.54, 1.807) is 30.8 Å². The third kappa shape index (κ3) is 2.96. The van der Waals surface area contributed by atoms with Crippen LogP contribution in [0, 0.1) is 6.92 Å². The number of H-pyrrole nitrogens is 1. The third-order valence-electron chi connectivity index (χ3n) is 5.58. The summed E-state index contributed by atoms with van der Waals surface area (Å²) in [4.78, 5) is 27.5. The van der Waals surface area contributed by atoms with Crippen LogP contribution in [0.15, 0.2) is 29.1 Å². The number of hydrogen-bond acceptors (Lipinski definition) is 4. The molecule has 1 aliphatic rings. The van der Waals surface area contributed by atoms with Gasteiger partial charge in [0.25, 0.3) is 11.5 Å². The maximum atomic E-state index is 13.2. The molecule has 0 unspecified atom stereocenters. The SMILES string of the molecule is CNC(=O)c1ccc(C)c(-c2cc3[nH]nc(N4CCCCC4)c3n(C)c2=O)c1. The van der Waals surface area contributed by atoms with Gasteiger partial charge in [0.15, 0.2) is 5.82 Å². The summed E-state index contributed by atoms with van der Waals surface area (Å²) in [5, 5.41) is 10.2. The largest absolute Gasteiger partial charge is 0.355 e. The highest BCUT2D eigenvalue weighted by atomic mass is 16.1. The van der Waals surface area contributed by atoms with Crippen molar-refractivity contribution in [3.8, 4) is 11.1 Å². The zero-order valence-corrected chi connectivity index (χ0v) is 16.5. The Morgan fingerprint density at radius 3 is 2.61 bits per heavy atom. The van der Waals surface area contributed by atoms with Crippen LogP contribution in [0.5, 0.6) is 0 Å². The fraction of sp³-hybridized carbons (Fsp3) is 0.381. The summed E-state index contributed by atoms with van der Waals surface area (Å²) in [6.07, 6.45) is 3.53. The van der Waals surface area contributed by atoms with Gasteiger partial charge in [0.05, 0.1) is 5.52 Å². The first-order valence-corrected chi connectivity index (χ1v) is 9.67. The number of nitrogens with zero attached hydrogens (tertiary/aromatic N) is 3. The Labute approximate surface area is 163 Å². The van der Waals surface area contributed by atoms with Gasteiger partial charge in [-0.05, 0) is 55.5 Å². The predicted molar refractivity (Wildman–Crippen MR) is 111 cm³/mol. The highest BCUT2D eigenvalue weighted by molar-refractivity contribution is 5.96. The number of pyridine rings is 1. The molecule has 0 aliphatic carbocycles. The van der Waals surface area contributed by atoms with Crippen LogP contribution in [-0.4, -0.2) is 40.8 Å². The van der Waals surface area contributed by atoms with Gasteiger partial charge >= 0.3 is 0 Å². The molecule has 0 bridgehead atoms. The Hall–Kier alpha value is -3.09. The normalized spacial score (nSPS) is 14.5. The highest BCUT2D eigenvalue weighted by Crippen LogP contribution is 2.29. The zero-order valence-electron chi connectivity index (χ0n) is 16.5. The third-order valence-corrected chi connectivity index (χ3v) is 5.58. The van der Waals surface area contributed by atoms with Crippen LogP contribution in [0.25, 0.3) is 22.2 Å². The lowest BCUT2D eigenvalue weighted by atomic mass is 9.98. The van der Waals surface area contributed by atoms with Crippen molar-refractivity contribution in [1.82, 2.24) is 20.1 Å². The van der Waals surface area contributed by atoms with Crippen LogP contribution < -0.4 is 15.8 Å². The highest BCUT2D eigenvalue weighted by Gasteiger charge is 2.21. The number of carbonyl (C=O) groups is 1. The Morgan fingerprint density at radius 2 is 1.89 bits per heavy atom. The Kier molecular flexibility index (Phi) is 4.66. The number of aromatic nitrogens is 3. The number of benzene rings is 1. The summed E-state index contributed by atoms with van der Waals surface area (Å²) in [5.41, 5.74) is 4.36. The molecule has 2 N–H and O–H groups in total. The topological polar surface area (TPSA) is 83.0 Å². The lowest BCUT2D eigenvalue weighted by molar-refractivity contribution is 0.0963. The van der Waals surface area contributed by atoms with Gasteiger partial charge in [-0.2, -0.15) is 5.10 Å². The van der Waals surface area contributed by atoms with Crippen molar-refractivity contribution in [1.29, 1.82) is 0 Å². The number of piperidine rings is 1. The number of nitrogens with one attached hydrogen (secondary N) is 2. The fourth-order valence-electron chi connectivity index (χ4n) is 3.98. The van der Waals surface area contributed by atoms with E-state index in [2.05, 4.69) is 20.4 Å². The van der Waals surface area contributed by atoms with E-state index >= 15 is 0 Å².